The maximum Gasteiger partial charge on any atom is 0.331 e. The first-order valence-corrected chi connectivity index (χ1v) is 8.98. The molecule has 7 nitrogen and oxygen atoms in total. The van der Waals surface area contributed by atoms with Crippen molar-refractivity contribution in [2.75, 3.05) is 13.7 Å². The van der Waals surface area contributed by atoms with Crippen LogP contribution in [0.2, 0.25) is 0 Å². The van der Waals surface area contributed by atoms with E-state index >= 15 is 0 Å². The molecule has 1 N–H and O–H groups in total. The van der Waals surface area contributed by atoms with Crippen LogP contribution < -0.4 is 10.1 Å². The zero-order chi connectivity index (χ0) is 19.2. The smallest absolute Gasteiger partial charge is 0.331 e. The van der Waals surface area contributed by atoms with Crippen LogP contribution in [-0.2, 0) is 14.3 Å². The molecule has 0 saturated carbocycles. The molecule has 1 heterocycles. The Bertz CT molecular complexity index is 982. The zero-order valence-electron chi connectivity index (χ0n) is 14.8. The first-order chi connectivity index (χ1) is 13.1. The highest BCUT2D eigenvalue weighted by molar-refractivity contribution is 8.18. The van der Waals surface area contributed by atoms with Gasteiger partial charge in [-0.2, -0.15) is 5.10 Å². The number of thioether (sulfide) groups is 1. The van der Waals surface area contributed by atoms with Crippen LogP contribution in [0.1, 0.15) is 12.5 Å². The molecule has 8 heteroatoms. The molecule has 0 aliphatic carbocycles. The number of methoxy groups -OCH3 is 1. The minimum absolute atomic E-state index is 0.205. The van der Waals surface area contributed by atoms with Crippen LogP contribution in [0.3, 0.4) is 0 Å². The van der Waals surface area contributed by atoms with E-state index in [2.05, 4.69) is 20.3 Å². The van der Waals surface area contributed by atoms with Gasteiger partial charge >= 0.3 is 5.97 Å². The molecule has 0 radical (unpaired) electrons. The van der Waals surface area contributed by atoms with Gasteiger partial charge < -0.3 is 9.47 Å². The predicted molar refractivity (Wildman–Crippen MR) is 106 cm³/mol. The van der Waals surface area contributed by atoms with E-state index in [0.717, 1.165) is 34.2 Å². The van der Waals surface area contributed by atoms with E-state index < -0.39 is 11.9 Å². The molecule has 138 valence electrons. The number of carbonyl (C=O) groups is 2. The van der Waals surface area contributed by atoms with Gasteiger partial charge in [-0.3, -0.25) is 10.1 Å². The predicted octanol–water partition coefficient (Wildman–Crippen LogP) is 2.85. The number of rotatable bonds is 5. The average molecular weight is 383 g/mol. The lowest BCUT2D eigenvalue weighted by Crippen LogP contribution is -2.19. The average Bonchev–Trinajstić information content (AvgIpc) is 3.02. The van der Waals surface area contributed by atoms with Gasteiger partial charge in [-0.1, -0.05) is 30.3 Å². The molecule has 0 aromatic heterocycles. The molecule has 1 aliphatic heterocycles. The molecule has 0 spiro atoms. The van der Waals surface area contributed by atoms with Gasteiger partial charge in [0.2, 0.25) is 0 Å². The fourth-order valence-electron chi connectivity index (χ4n) is 2.47. The van der Waals surface area contributed by atoms with E-state index in [1.54, 1.807) is 6.21 Å². The minimum atomic E-state index is -0.602. The highest BCUT2D eigenvalue weighted by atomic mass is 32.2. The minimum Gasteiger partial charge on any atom is -0.493 e. The van der Waals surface area contributed by atoms with Crippen molar-refractivity contribution in [3.05, 3.63) is 52.9 Å². The molecule has 0 atom stereocenters. The molecular weight excluding hydrogens is 366 g/mol. The Balaban J connectivity index is 1.87. The van der Waals surface area contributed by atoms with Crippen molar-refractivity contribution in [1.82, 2.24) is 5.32 Å². The molecule has 2 aromatic carbocycles. The Morgan fingerprint density at radius 2 is 2.07 bits per heavy atom. The lowest BCUT2D eigenvalue weighted by atomic mass is 10.0. The second-order valence-electron chi connectivity index (χ2n) is 5.37. The summed E-state index contributed by atoms with van der Waals surface area (Å²) >= 11 is 1.02. The Labute approximate surface area is 160 Å². The number of amides is 1. The summed E-state index contributed by atoms with van der Waals surface area (Å²) in [6.45, 7) is 2.44. The molecule has 0 bridgehead atoms. The van der Waals surface area contributed by atoms with Crippen LogP contribution in [0.5, 0.6) is 5.75 Å². The highest BCUT2D eigenvalue weighted by Gasteiger charge is 2.25. The molecule has 1 saturated heterocycles. The van der Waals surface area contributed by atoms with Crippen LogP contribution in [-0.4, -0.2) is 37.0 Å². The third-order valence-corrected chi connectivity index (χ3v) is 4.57. The summed E-state index contributed by atoms with van der Waals surface area (Å²) < 4.78 is 10.2. The summed E-state index contributed by atoms with van der Waals surface area (Å²) in [5, 5.41) is 13.0. The van der Waals surface area contributed by atoms with E-state index in [9.17, 15) is 9.59 Å². The van der Waals surface area contributed by atoms with E-state index in [-0.39, 0.29) is 10.1 Å². The summed E-state index contributed by atoms with van der Waals surface area (Å²) in [5.41, 5.74) is 0.805. The topological polar surface area (TPSA) is 89.4 Å². The quantitative estimate of drug-likeness (QED) is 0.371. The standard InChI is InChI=1S/C19H17N3O4S/c1-3-26-15-9-8-12-6-4-5-7-13(12)14(15)11-20-22-19-21-18(24)16(27-19)10-17(23)25-2/h4-11H,3H2,1-2H3,(H,21,22,24)/b16-10+,20-11?. The van der Waals surface area contributed by atoms with Crippen LogP contribution in [0, 0.1) is 0 Å². The molecule has 2 aromatic rings. The third-order valence-electron chi connectivity index (χ3n) is 3.67. The second-order valence-corrected chi connectivity index (χ2v) is 6.40. The Morgan fingerprint density at radius 1 is 1.26 bits per heavy atom. The van der Waals surface area contributed by atoms with E-state index in [1.165, 1.54) is 7.11 Å². The second kappa shape index (κ2) is 8.50. The maximum absolute atomic E-state index is 11.8. The molecule has 1 fully saturated rings. The van der Waals surface area contributed by atoms with Crippen molar-refractivity contribution in [3.63, 3.8) is 0 Å². The van der Waals surface area contributed by atoms with Gasteiger partial charge in [0.1, 0.15) is 5.75 Å². The molecular formula is C19H17N3O4S. The molecule has 0 unspecified atom stereocenters. The first-order valence-electron chi connectivity index (χ1n) is 8.16. The van der Waals surface area contributed by atoms with Crippen molar-refractivity contribution in [2.24, 2.45) is 10.2 Å². The van der Waals surface area contributed by atoms with Gasteiger partial charge in [0.05, 0.1) is 24.8 Å². The number of amidine groups is 1. The summed E-state index contributed by atoms with van der Waals surface area (Å²) in [6.07, 6.45) is 2.71. The van der Waals surface area contributed by atoms with Crippen molar-refractivity contribution >= 4 is 45.8 Å². The highest BCUT2D eigenvalue weighted by Crippen LogP contribution is 2.27. The number of hydrogen-bond donors (Lipinski definition) is 1. The lowest BCUT2D eigenvalue weighted by molar-refractivity contribution is -0.135. The van der Waals surface area contributed by atoms with Crippen LogP contribution >= 0.6 is 11.8 Å². The lowest BCUT2D eigenvalue weighted by Gasteiger charge is -2.09. The summed E-state index contributed by atoms with van der Waals surface area (Å²) in [5.74, 6) is -0.316. The number of benzene rings is 2. The van der Waals surface area contributed by atoms with Gasteiger partial charge in [0, 0.05) is 11.6 Å². The van der Waals surface area contributed by atoms with E-state index in [4.69, 9.17) is 4.74 Å². The number of fused-ring (bicyclic) bond motifs is 1. The van der Waals surface area contributed by atoms with Gasteiger partial charge in [-0.25, -0.2) is 4.79 Å². The van der Waals surface area contributed by atoms with Gasteiger partial charge in [0.25, 0.3) is 5.91 Å². The van der Waals surface area contributed by atoms with Gasteiger partial charge in [-0.15, -0.1) is 5.10 Å². The fourth-order valence-corrected chi connectivity index (χ4v) is 3.21. The molecule has 1 amide bonds. The Kier molecular flexibility index (Phi) is 5.87. The summed E-state index contributed by atoms with van der Waals surface area (Å²) in [4.78, 5) is 23.3. The van der Waals surface area contributed by atoms with Crippen molar-refractivity contribution in [3.8, 4) is 5.75 Å². The molecule has 1 aliphatic rings. The maximum atomic E-state index is 11.8. The number of hydrogen-bond acceptors (Lipinski definition) is 7. The van der Waals surface area contributed by atoms with E-state index in [0.29, 0.717) is 12.4 Å². The summed E-state index contributed by atoms with van der Waals surface area (Å²) in [7, 11) is 1.25. The number of carbonyl (C=O) groups excluding carboxylic acids is 2. The normalized spacial score (nSPS) is 17.0. The first kappa shape index (κ1) is 18.7. The number of nitrogens with one attached hydrogen (secondary N) is 1. The monoisotopic (exact) mass is 383 g/mol. The van der Waals surface area contributed by atoms with Crippen molar-refractivity contribution < 1.29 is 19.1 Å². The Hall–Kier alpha value is -3.13. The largest absolute Gasteiger partial charge is 0.493 e. The number of ether oxygens (including phenoxy) is 2. The SMILES string of the molecule is CCOc1ccc2ccccc2c1C=N/N=C1/NC(=O)/C(=C\C(=O)OC)S1. The van der Waals surface area contributed by atoms with Crippen molar-refractivity contribution in [2.45, 2.75) is 6.92 Å². The van der Waals surface area contributed by atoms with Crippen LogP contribution in [0.15, 0.2) is 57.6 Å². The third kappa shape index (κ3) is 4.35. The Morgan fingerprint density at radius 3 is 2.85 bits per heavy atom. The van der Waals surface area contributed by atoms with Crippen LogP contribution in [0.4, 0.5) is 0 Å². The zero-order valence-corrected chi connectivity index (χ0v) is 15.6. The van der Waals surface area contributed by atoms with Gasteiger partial charge in [-0.05, 0) is 35.5 Å². The van der Waals surface area contributed by atoms with Gasteiger partial charge in [0.15, 0.2) is 5.17 Å². The molecule has 3 rings (SSSR count). The van der Waals surface area contributed by atoms with Crippen LogP contribution in [0.25, 0.3) is 10.8 Å². The fraction of sp³-hybridized carbons (Fsp3) is 0.158. The van der Waals surface area contributed by atoms with E-state index in [1.807, 2.05) is 43.3 Å². The number of esters is 1. The summed E-state index contributed by atoms with van der Waals surface area (Å²) in [6, 6.07) is 11.8. The van der Waals surface area contributed by atoms with Crippen molar-refractivity contribution in [1.29, 1.82) is 0 Å². The number of nitrogens with zero attached hydrogens (tertiary/aromatic N) is 2. The molecule has 27 heavy (non-hydrogen) atoms.